The lowest BCUT2D eigenvalue weighted by Gasteiger charge is -2.40. The lowest BCUT2D eigenvalue weighted by molar-refractivity contribution is 0.233. The van der Waals surface area contributed by atoms with Gasteiger partial charge in [-0.3, -0.25) is 0 Å². The Morgan fingerprint density at radius 2 is 0.739 bits per heavy atom. The van der Waals surface area contributed by atoms with E-state index in [0.29, 0.717) is 16.7 Å². The van der Waals surface area contributed by atoms with Crippen molar-refractivity contribution in [2.45, 2.75) is 323 Å². The zero-order valence-corrected chi connectivity index (χ0v) is 47.9. The van der Waals surface area contributed by atoms with E-state index in [1.54, 1.807) is 0 Å². The van der Waals surface area contributed by atoms with E-state index in [9.17, 15) is 0 Å². The van der Waals surface area contributed by atoms with Crippen molar-refractivity contribution in [3.8, 4) is 0 Å². The minimum atomic E-state index is 0.340. The number of hydrogen-bond donors (Lipinski definition) is 0. The predicted octanol–water partition coefficient (Wildman–Crippen LogP) is 24.9. The largest absolute Gasteiger partial charge is 0.103 e. The summed E-state index contributed by atoms with van der Waals surface area (Å²) in [4.78, 5) is 0. The molecule has 0 rings (SSSR count). The average molecular weight is 954 g/mol. The molecule has 0 heteroatoms. The highest BCUT2D eigenvalue weighted by Crippen LogP contribution is 2.49. The lowest BCUT2D eigenvalue weighted by atomic mass is 9.65. The van der Waals surface area contributed by atoms with Gasteiger partial charge in [-0.2, -0.15) is 0 Å². The third kappa shape index (κ3) is 39.2. The van der Waals surface area contributed by atoms with Gasteiger partial charge in [-0.25, -0.2) is 0 Å². The summed E-state index contributed by atoms with van der Waals surface area (Å²) in [7, 11) is 0. The molecule has 2 atom stereocenters. The molecule has 0 aromatic carbocycles. The van der Waals surface area contributed by atoms with E-state index in [1.165, 1.54) is 270 Å². The van der Waals surface area contributed by atoms with Crippen molar-refractivity contribution >= 4 is 0 Å². The fraction of sp³-hybridized carbons (Fsp3) is 0.768. The highest BCUT2D eigenvalue weighted by atomic mass is 14.4. The zero-order chi connectivity index (χ0) is 50.8. The number of rotatable bonds is 56. The van der Waals surface area contributed by atoms with Gasteiger partial charge in [0.2, 0.25) is 0 Å². The van der Waals surface area contributed by atoms with Crippen LogP contribution >= 0.6 is 0 Å². The van der Waals surface area contributed by atoms with Crippen LogP contribution < -0.4 is 0 Å². The normalized spacial score (nSPS) is 13.2. The minimum absolute atomic E-state index is 0.340. The van der Waals surface area contributed by atoms with Gasteiger partial charge in [-0.05, 0) is 190 Å². The minimum Gasteiger partial charge on any atom is -0.103 e. The van der Waals surface area contributed by atoms with Gasteiger partial charge in [-0.15, -0.1) is 39.5 Å². The van der Waals surface area contributed by atoms with Crippen molar-refractivity contribution in [3.63, 3.8) is 0 Å². The maximum atomic E-state index is 4.10. The van der Waals surface area contributed by atoms with Crippen molar-refractivity contribution in [2.24, 2.45) is 16.7 Å². The molecule has 0 aromatic rings. The van der Waals surface area contributed by atoms with Crippen LogP contribution in [0.3, 0.4) is 0 Å². The zero-order valence-electron chi connectivity index (χ0n) is 47.9. The highest BCUT2D eigenvalue weighted by Gasteiger charge is 2.34. The third-order valence-electron chi connectivity index (χ3n) is 15.9. The predicted molar refractivity (Wildman–Crippen MR) is 320 cm³/mol. The monoisotopic (exact) mass is 953 g/mol. The van der Waals surface area contributed by atoms with Gasteiger partial charge in [0.05, 0.1) is 0 Å². The molecule has 0 heterocycles. The van der Waals surface area contributed by atoms with Gasteiger partial charge >= 0.3 is 0 Å². The van der Waals surface area contributed by atoms with Gasteiger partial charge in [0.1, 0.15) is 0 Å². The van der Waals surface area contributed by atoms with Crippen LogP contribution in [0, 0.1) is 16.7 Å². The topological polar surface area (TPSA) is 0 Å². The highest BCUT2D eigenvalue weighted by molar-refractivity contribution is 5.24. The number of allylic oxidation sites excluding steroid dienone is 10. The average Bonchev–Trinajstić information content (AvgIpc) is 3.33. The fourth-order valence-corrected chi connectivity index (χ4v) is 11.6. The Morgan fingerprint density at radius 1 is 0.377 bits per heavy atom. The van der Waals surface area contributed by atoms with E-state index >= 15 is 0 Å². The molecule has 0 aliphatic rings. The summed E-state index contributed by atoms with van der Waals surface area (Å²) in [5, 5.41) is 0. The molecule has 0 spiro atoms. The third-order valence-corrected chi connectivity index (χ3v) is 15.9. The van der Waals surface area contributed by atoms with Gasteiger partial charge in [0.25, 0.3) is 0 Å². The standard InChI is InChI=1S/C69H124/c1-11-19-24-29-33-35-37-40-45-53-65(52-44-39-36-34-30-25-20-12-2)63-64(18-8)54-51-62-69(59-17-7,61-50-43-49-60-68(9,10)58-16-6)67(57-48-38-28-23-15-5)66(55-46-41-31-26-21-13-3)56-47-42-32-27-22-14-4/h11-16,63-64H,1-6,17-62H2,7-10H3. The maximum Gasteiger partial charge on any atom is -0.00855 e. The lowest BCUT2D eigenvalue weighted by Crippen LogP contribution is -2.26. The Hall–Kier alpha value is -2.08. The van der Waals surface area contributed by atoms with E-state index in [2.05, 4.69) is 110 Å². The molecule has 0 aromatic heterocycles. The molecule has 0 aliphatic heterocycles. The Bertz CT molecular complexity index is 1240. The quantitative estimate of drug-likeness (QED) is 0.0421. The molecular weight excluding hydrogens is 829 g/mol. The second kappa shape index (κ2) is 49.5. The first-order valence-corrected chi connectivity index (χ1v) is 30.8. The van der Waals surface area contributed by atoms with E-state index < -0.39 is 0 Å². The summed E-state index contributed by atoms with van der Waals surface area (Å²) in [6.45, 7) is 34.0. The molecule has 0 bridgehead atoms. The molecule has 2 unspecified atom stereocenters. The summed E-state index contributed by atoms with van der Waals surface area (Å²) < 4.78 is 0. The van der Waals surface area contributed by atoms with E-state index in [-0.39, 0.29) is 0 Å². The first kappa shape index (κ1) is 66.9. The Morgan fingerprint density at radius 3 is 1.16 bits per heavy atom. The molecule has 0 nitrogen and oxygen atoms in total. The molecular formula is C69H124. The molecule has 0 N–H and O–H groups in total. The van der Waals surface area contributed by atoms with E-state index in [1.807, 2.05) is 16.7 Å². The SMILES string of the molecule is C=CCCCCCCCCCC(=CC(CC)CCCC(CCC)(CCCCCC(C)(C)CC=C)C(CCCCCC=C)=C(CCCCCCC=C)CCCCCCC=C)CCCCCCCCC=C. The first-order chi connectivity index (χ1) is 33.7. The van der Waals surface area contributed by atoms with Gasteiger partial charge in [0.15, 0.2) is 0 Å². The molecule has 0 aliphatic carbocycles. The van der Waals surface area contributed by atoms with Crippen LogP contribution in [-0.4, -0.2) is 0 Å². The molecule has 0 saturated heterocycles. The van der Waals surface area contributed by atoms with E-state index in [4.69, 9.17) is 0 Å². The van der Waals surface area contributed by atoms with Crippen molar-refractivity contribution in [3.05, 3.63) is 98.7 Å². The Balaban J connectivity index is 6.83. The second-order valence-electron chi connectivity index (χ2n) is 22.8. The van der Waals surface area contributed by atoms with Crippen molar-refractivity contribution in [1.82, 2.24) is 0 Å². The molecule has 0 amide bonds. The van der Waals surface area contributed by atoms with Crippen LogP contribution in [-0.2, 0) is 0 Å². The summed E-state index contributed by atoms with van der Waals surface area (Å²) in [5.41, 5.74) is 6.40. The molecule has 400 valence electrons. The van der Waals surface area contributed by atoms with Crippen LogP contribution in [0.15, 0.2) is 98.7 Å². The first-order valence-electron chi connectivity index (χ1n) is 30.8. The van der Waals surface area contributed by atoms with Crippen molar-refractivity contribution < 1.29 is 0 Å². The van der Waals surface area contributed by atoms with Gasteiger partial charge < -0.3 is 0 Å². The maximum absolute atomic E-state index is 4.10. The summed E-state index contributed by atoms with van der Waals surface area (Å²) in [5.74, 6) is 0.715. The van der Waals surface area contributed by atoms with Gasteiger partial charge in [0, 0.05) is 0 Å². The van der Waals surface area contributed by atoms with Crippen LogP contribution in [0.5, 0.6) is 0 Å². The van der Waals surface area contributed by atoms with Gasteiger partial charge in [-0.1, -0.05) is 209 Å². The Kier molecular flexibility index (Phi) is 48.0. The second-order valence-corrected chi connectivity index (χ2v) is 22.8. The summed E-state index contributed by atoms with van der Waals surface area (Å²) in [6, 6.07) is 0. The summed E-state index contributed by atoms with van der Waals surface area (Å²) >= 11 is 0. The number of hydrogen-bond acceptors (Lipinski definition) is 0. The Labute approximate surface area is 436 Å². The summed E-state index contributed by atoms with van der Waals surface area (Å²) in [6.07, 6.45) is 76.7. The molecule has 0 radical (unpaired) electrons. The smallest absolute Gasteiger partial charge is 0.00855 e. The van der Waals surface area contributed by atoms with Crippen molar-refractivity contribution in [1.29, 1.82) is 0 Å². The van der Waals surface area contributed by atoms with Crippen LogP contribution in [0.1, 0.15) is 323 Å². The van der Waals surface area contributed by atoms with Crippen molar-refractivity contribution in [2.75, 3.05) is 0 Å². The van der Waals surface area contributed by atoms with E-state index in [0.717, 1.165) is 25.7 Å². The number of unbranched alkanes of at least 4 members (excludes halogenated alkanes) is 26. The van der Waals surface area contributed by atoms with Crippen LogP contribution in [0.4, 0.5) is 0 Å². The molecule has 0 fully saturated rings. The fourth-order valence-electron chi connectivity index (χ4n) is 11.6. The van der Waals surface area contributed by atoms with Crippen LogP contribution in [0.25, 0.3) is 0 Å². The molecule has 69 heavy (non-hydrogen) atoms. The van der Waals surface area contributed by atoms with Crippen LogP contribution in [0.2, 0.25) is 0 Å². The molecule has 0 saturated carbocycles.